The molecule has 1 unspecified atom stereocenters. The fraction of sp³-hybridized carbons (Fsp3) is 0.167. The van der Waals surface area contributed by atoms with Gasteiger partial charge in [-0.2, -0.15) is 0 Å². The Kier molecular flexibility index (Phi) is 4.36. The largest absolute Gasteiger partial charge is 0.329 e. The van der Waals surface area contributed by atoms with Gasteiger partial charge in [-0.3, -0.25) is 0 Å². The molecule has 17 heavy (non-hydrogen) atoms. The maximum Gasteiger partial charge on any atom is 0.188 e. The summed E-state index contributed by atoms with van der Waals surface area (Å²) in [5.41, 5.74) is 6.81. The lowest BCUT2D eigenvalue weighted by molar-refractivity contribution is 0.909. The zero-order valence-electron chi connectivity index (χ0n) is 9.08. The number of hydrogen-bond acceptors (Lipinski definition) is 4. The highest BCUT2D eigenvalue weighted by Gasteiger charge is 2.15. The van der Waals surface area contributed by atoms with Crippen molar-refractivity contribution in [1.82, 2.24) is 9.97 Å². The number of thioether (sulfide) groups is 1. The summed E-state index contributed by atoms with van der Waals surface area (Å²) >= 11 is 7.68. The fourth-order valence-electron chi connectivity index (χ4n) is 1.45. The molecule has 2 aromatic rings. The third-order valence-electron chi connectivity index (χ3n) is 2.26. The second kappa shape index (κ2) is 6.00. The molecule has 3 nitrogen and oxygen atoms in total. The lowest BCUT2D eigenvalue weighted by Gasteiger charge is -2.14. The second-order valence-corrected chi connectivity index (χ2v) is 4.97. The molecule has 2 N–H and O–H groups in total. The summed E-state index contributed by atoms with van der Waals surface area (Å²) in [6.45, 7) is 0.493. The normalized spacial score (nSPS) is 12.4. The topological polar surface area (TPSA) is 51.8 Å². The zero-order valence-corrected chi connectivity index (χ0v) is 10.7. The molecule has 0 aliphatic carbocycles. The van der Waals surface area contributed by atoms with Crippen LogP contribution >= 0.6 is 23.4 Å². The summed E-state index contributed by atoms with van der Waals surface area (Å²) in [5, 5.41) is 1.51. The van der Waals surface area contributed by atoms with E-state index in [1.165, 1.54) is 11.8 Å². The minimum atomic E-state index is 0.0751. The van der Waals surface area contributed by atoms with Crippen molar-refractivity contribution in [2.45, 2.75) is 10.4 Å². The predicted octanol–water partition coefficient (Wildman–Crippen LogP) is 2.92. The Labute approximate surface area is 109 Å². The summed E-state index contributed by atoms with van der Waals surface area (Å²) < 4.78 is 0. The van der Waals surface area contributed by atoms with Gasteiger partial charge in [0.05, 0.1) is 5.25 Å². The van der Waals surface area contributed by atoms with Crippen LogP contribution in [-0.4, -0.2) is 16.5 Å². The van der Waals surface area contributed by atoms with Gasteiger partial charge in [-0.1, -0.05) is 41.6 Å². The first kappa shape index (κ1) is 12.4. The molecule has 0 aliphatic rings. The molecule has 0 fully saturated rings. The first-order valence-electron chi connectivity index (χ1n) is 5.19. The zero-order chi connectivity index (χ0) is 12.1. The lowest BCUT2D eigenvalue weighted by Crippen LogP contribution is -2.10. The fourth-order valence-corrected chi connectivity index (χ4v) is 2.71. The van der Waals surface area contributed by atoms with E-state index in [4.69, 9.17) is 17.3 Å². The minimum absolute atomic E-state index is 0.0751. The molecule has 0 spiro atoms. The molecule has 0 saturated carbocycles. The molecule has 2 rings (SSSR count). The molecule has 5 heteroatoms. The van der Waals surface area contributed by atoms with Crippen molar-refractivity contribution >= 4 is 23.4 Å². The van der Waals surface area contributed by atoms with E-state index in [1.807, 2.05) is 24.3 Å². The van der Waals surface area contributed by atoms with Crippen LogP contribution in [0.2, 0.25) is 5.02 Å². The van der Waals surface area contributed by atoms with Gasteiger partial charge in [-0.25, -0.2) is 9.97 Å². The molecule has 0 aliphatic heterocycles. The van der Waals surface area contributed by atoms with Crippen molar-refractivity contribution in [3.05, 3.63) is 53.3 Å². The molecule has 0 amide bonds. The molecular formula is C12H12ClN3S. The van der Waals surface area contributed by atoms with E-state index in [-0.39, 0.29) is 5.25 Å². The average Bonchev–Trinajstić information content (AvgIpc) is 2.38. The first-order valence-corrected chi connectivity index (χ1v) is 6.45. The van der Waals surface area contributed by atoms with Gasteiger partial charge in [0.1, 0.15) is 0 Å². The van der Waals surface area contributed by atoms with Gasteiger partial charge in [-0.15, -0.1) is 0 Å². The van der Waals surface area contributed by atoms with Crippen molar-refractivity contribution in [3.63, 3.8) is 0 Å². The van der Waals surface area contributed by atoms with Crippen LogP contribution < -0.4 is 5.73 Å². The summed E-state index contributed by atoms with van der Waals surface area (Å²) in [7, 11) is 0. The number of benzene rings is 1. The van der Waals surface area contributed by atoms with E-state index >= 15 is 0 Å². The van der Waals surface area contributed by atoms with Gasteiger partial charge in [-0.05, 0) is 17.7 Å². The van der Waals surface area contributed by atoms with E-state index < -0.39 is 0 Å². The summed E-state index contributed by atoms with van der Waals surface area (Å²) in [6.07, 6.45) is 3.44. The Morgan fingerprint density at radius 2 is 1.88 bits per heavy atom. The van der Waals surface area contributed by atoms with Crippen molar-refractivity contribution < 1.29 is 0 Å². The van der Waals surface area contributed by atoms with Gasteiger partial charge >= 0.3 is 0 Å². The SMILES string of the molecule is NCC(Sc1ncccn1)c1ccccc1Cl. The van der Waals surface area contributed by atoms with Crippen LogP contribution in [-0.2, 0) is 0 Å². The number of halogens is 1. The van der Waals surface area contributed by atoms with Gasteiger partial charge < -0.3 is 5.73 Å². The van der Waals surface area contributed by atoms with Crippen molar-refractivity contribution in [2.24, 2.45) is 5.73 Å². The number of nitrogens with zero attached hydrogens (tertiary/aromatic N) is 2. The van der Waals surface area contributed by atoms with E-state index in [9.17, 15) is 0 Å². The predicted molar refractivity (Wildman–Crippen MR) is 71.1 cm³/mol. The van der Waals surface area contributed by atoms with Gasteiger partial charge in [0.2, 0.25) is 0 Å². The molecule has 1 atom stereocenters. The maximum absolute atomic E-state index is 6.15. The standard InChI is InChI=1S/C12H12ClN3S/c13-10-5-2-1-4-9(10)11(8-14)17-12-15-6-3-7-16-12/h1-7,11H,8,14H2. The molecule has 0 saturated heterocycles. The van der Waals surface area contributed by atoms with Crippen molar-refractivity contribution in [2.75, 3.05) is 6.54 Å². The Hall–Kier alpha value is -1.10. The highest BCUT2D eigenvalue weighted by Crippen LogP contribution is 2.35. The van der Waals surface area contributed by atoms with E-state index in [0.717, 1.165) is 10.6 Å². The van der Waals surface area contributed by atoms with E-state index in [2.05, 4.69) is 9.97 Å². The number of rotatable bonds is 4. The molecule has 1 heterocycles. The molecular weight excluding hydrogens is 254 g/mol. The van der Waals surface area contributed by atoms with Crippen LogP contribution in [0.3, 0.4) is 0 Å². The number of aromatic nitrogens is 2. The summed E-state index contributed by atoms with van der Waals surface area (Å²) in [6, 6.07) is 9.50. The third-order valence-corrected chi connectivity index (χ3v) is 3.75. The smallest absolute Gasteiger partial charge is 0.188 e. The molecule has 88 valence electrons. The van der Waals surface area contributed by atoms with Crippen LogP contribution in [0.5, 0.6) is 0 Å². The third kappa shape index (κ3) is 3.19. The van der Waals surface area contributed by atoms with Gasteiger partial charge in [0.25, 0.3) is 0 Å². The lowest BCUT2D eigenvalue weighted by atomic mass is 10.1. The molecule has 1 aromatic heterocycles. The highest BCUT2D eigenvalue weighted by atomic mass is 35.5. The monoisotopic (exact) mass is 265 g/mol. The van der Waals surface area contributed by atoms with E-state index in [0.29, 0.717) is 11.7 Å². The summed E-state index contributed by atoms with van der Waals surface area (Å²) in [4.78, 5) is 8.35. The Morgan fingerprint density at radius 3 is 2.53 bits per heavy atom. The van der Waals surface area contributed by atoms with E-state index in [1.54, 1.807) is 18.5 Å². The van der Waals surface area contributed by atoms with Gasteiger partial charge in [0, 0.05) is 24.0 Å². The first-order chi connectivity index (χ1) is 8.31. The van der Waals surface area contributed by atoms with Crippen molar-refractivity contribution in [1.29, 1.82) is 0 Å². The van der Waals surface area contributed by atoms with Crippen LogP contribution in [0.1, 0.15) is 10.8 Å². The second-order valence-electron chi connectivity index (χ2n) is 3.40. The molecule has 0 bridgehead atoms. The number of hydrogen-bond donors (Lipinski definition) is 1. The van der Waals surface area contributed by atoms with Crippen LogP contribution in [0.4, 0.5) is 0 Å². The Morgan fingerprint density at radius 1 is 1.18 bits per heavy atom. The number of nitrogens with two attached hydrogens (primary N) is 1. The highest BCUT2D eigenvalue weighted by molar-refractivity contribution is 7.99. The van der Waals surface area contributed by atoms with Gasteiger partial charge in [0.15, 0.2) is 5.16 Å². The minimum Gasteiger partial charge on any atom is -0.329 e. The maximum atomic E-state index is 6.15. The van der Waals surface area contributed by atoms with Crippen LogP contribution in [0.15, 0.2) is 47.9 Å². The average molecular weight is 266 g/mol. The van der Waals surface area contributed by atoms with Crippen LogP contribution in [0.25, 0.3) is 0 Å². The molecule has 0 radical (unpaired) electrons. The van der Waals surface area contributed by atoms with Crippen molar-refractivity contribution in [3.8, 4) is 0 Å². The quantitative estimate of drug-likeness (QED) is 0.682. The Balaban J connectivity index is 2.21. The van der Waals surface area contributed by atoms with Crippen LogP contribution in [0, 0.1) is 0 Å². The molecule has 1 aromatic carbocycles. The Bertz CT molecular complexity index is 478. The summed E-state index contributed by atoms with van der Waals surface area (Å²) in [5.74, 6) is 0.